The SMILES string of the molecule is CC1(C)COC(=O)C1OS(=O)(=O)CCCS(=O)(=O)OC1C(O)OCC1(C)C. The van der Waals surface area contributed by atoms with Crippen molar-refractivity contribution in [1.82, 2.24) is 0 Å². The summed E-state index contributed by atoms with van der Waals surface area (Å²) in [4.78, 5) is 11.6. The molecular weight excluding hydrogens is 404 g/mol. The first-order chi connectivity index (χ1) is 12.2. The normalized spacial score (nSPS) is 30.4. The highest BCUT2D eigenvalue weighted by molar-refractivity contribution is 7.87. The standard InChI is InChI=1S/C15H26O10S2/c1-14(2)8-22-12(16)10(14)24-26(18,19)6-5-7-27(20,21)25-11-13(17)23-9-15(11,3)4/h10-12,16H,5-9H2,1-4H3. The fourth-order valence-electron chi connectivity index (χ4n) is 2.74. The molecule has 2 saturated heterocycles. The van der Waals surface area contributed by atoms with Gasteiger partial charge in [-0.15, -0.1) is 0 Å². The van der Waals surface area contributed by atoms with Gasteiger partial charge in [0.2, 0.25) is 0 Å². The summed E-state index contributed by atoms with van der Waals surface area (Å²) in [5.74, 6) is -1.97. The van der Waals surface area contributed by atoms with Crippen LogP contribution in [0.5, 0.6) is 0 Å². The average molecular weight is 430 g/mol. The number of aliphatic hydroxyl groups excluding tert-OH is 1. The Kier molecular flexibility index (Phi) is 6.30. The van der Waals surface area contributed by atoms with Gasteiger partial charge in [-0.2, -0.15) is 16.8 Å². The Morgan fingerprint density at radius 2 is 1.56 bits per heavy atom. The summed E-state index contributed by atoms with van der Waals surface area (Å²) >= 11 is 0. The molecule has 2 rings (SSSR count). The van der Waals surface area contributed by atoms with Crippen molar-refractivity contribution >= 4 is 26.2 Å². The minimum Gasteiger partial charge on any atom is -0.463 e. The highest BCUT2D eigenvalue weighted by Gasteiger charge is 2.48. The molecule has 12 heteroatoms. The Labute approximate surface area is 159 Å². The van der Waals surface area contributed by atoms with Crippen molar-refractivity contribution in [2.75, 3.05) is 24.7 Å². The van der Waals surface area contributed by atoms with Gasteiger partial charge in [0.1, 0.15) is 6.10 Å². The number of carbonyl (C=O) groups is 1. The first kappa shape index (κ1) is 22.5. The van der Waals surface area contributed by atoms with E-state index in [0.717, 1.165) is 0 Å². The lowest BCUT2D eigenvalue weighted by atomic mass is 9.90. The Morgan fingerprint density at radius 1 is 1.00 bits per heavy atom. The van der Waals surface area contributed by atoms with E-state index >= 15 is 0 Å². The predicted molar refractivity (Wildman–Crippen MR) is 92.4 cm³/mol. The molecule has 0 aliphatic carbocycles. The number of aliphatic hydroxyl groups is 1. The van der Waals surface area contributed by atoms with Gasteiger partial charge >= 0.3 is 5.97 Å². The zero-order valence-electron chi connectivity index (χ0n) is 15.7. The van der Waals surface area contributed by atoms with E-state index in [1.54, 1.807) is 27.7 Å². The summed E-state index contributed by atoms with van der Waals surface area (Å²) in [6.45, 7) is 6.80. The van der Waals surface area contributed by atoms with Gasteiger partial charge in [-0.05, 0) is 6.42 Å². The minimum atomic E-state index is -4.15. The third-order valence-electron chi connectivity index (χ3n) is 4.45. The van der Waals surface area contributed by atoms with Crippen molar-refractivity contribution in [1.29, 1.82) is 0 Å². The van der Waals surface area contributed by atoms with E-state index in [2.05, 4.69) is 0 Å². The number of ether oxygens (including phenoxy) is 2. The number of rotatable bonds is 8. The van der Waals surface area contributed by atoms with Crippen LogP contribution in [0.4, 0.5) is 0 Å². The number of cyclic esters (lactones) is 1. The van der Waals surface area contributed by atoms with Crippen LogP contribution < -0.4 is 0 Å². The quantitative estimate of drug-likeness (QED) is 0.405. The monoisotopic (exact) mass is 430 g/mol. The van der Waals surface area contributed by atoms with Gasteiger partial charge in [0.25, 0.3) is 20.2 Å². The maximum atomic E-state index is 12.1. The van der Waals surface area contributed by atoms with E-state index in [4.69, 9.17) is 17.8 Å². The highest BCUT2D eigenvalue weighted by atomic mass is 32.2. The van der Waals surface area contributed by atoms with Crippen molar-refractivity contribution in [3.8, 4) is 0 Å². The number of hydrogen-bond acceptors (Lipinski definition) is 10. The summed E-state index contributed by atoms with van der Waals surface area (Å²) in [6.07, 6.45) is -4.01. The molecule has 0 spiro atoms. The Hall–Kier alpha value is -0.790. The van der Waals surface area contributed by atoms with E-state index in [9.17, 15) is 26.7 Å². The van der Waals surface area contributed by atoms with Gasteiger partial charge in [0, 0.05) is 10.8 Å². The second-order valence-corrected chi connectivity index (χ2v) is 11.6. The maximum Gasteiger partial charge on any atom is 0.337 e. The molecule has 2 aliphatic heterocycles. The molecule has 3 unspecified atom stereocenters. The lowest BCUT2D eigenvalue weighted by molar-refractivity contribution is -0.143. The highest BCUT2D eigenvalue weighted by Crippen LogP contribution is 2.35. The predicted octanol–water partition coefficient (Wildman–Crippen LogP) is -0.236. The van der Waals surface area contributed by atoms with Crippen LogP contribution in [0.2, 0.25) is 0 Å². The Bertz CT molecular complexity index is 768. The number of esters is 1. The molecule has 3 atom stereocenters. The summed E-state index contributed by atoms with van der Waals surface area (Å²) in [7, 11) is -8.25. The lowest BCUT2D eigenvalue weighted by Crippen LogP contribution is -2.38. The second kappa shape index (κ2) is 7.56. The molecule has 0 aromatic carbocycles. The third kappa shape index (κ3) is 5.61. The molecule has 0 aromatic rings. The topological polar surface area (TPSA) is 142 Å². The molecule has 158 valence electrons. The average Bonchev–Trinajstić information content (AvgIpc) is 2.90. The largest absolute Gasteiger partial charge is 0.463 e. The first-order valence-corrected chi connectivity index (χ1v) is 11.6. The molecule has 10 nitrogen and oxygen atoms in total. The smallest absolute Gasteiger partial charge is 0.337 e. The summed E-state index contributed by atoms with van der Waals surface area (Å²) in [5.41, 5.74) is -1.51. The van der Waals surface area contributed by atoms with Gasteiger partial charge in [0.05, 0.1) is 24.7 Å². The summed E-state index contributed by atoms with van der Waals surface area (Å²) in [6, 6.07) is 0. The van der Waals surface area contributed by atoms with Crippen LogP contribution in [0.15, 0.2) is 0 Å². The van der Waals surface area contributed by atoms with Crippen molar-refractivity contribution in [2.24, 2.45) is 10.8 Å². The van der Waals surface area contributed by atoms with Crippen LogP contribution >= 0.6 is 0 Å². The van der Waals surface area contributed by atoms with E-state index in [1.165, 1.54) is 0 Å². The van der Waals surface area contributed by atoms with Gasteiger partial charge in [-0.3, -0.25) is 8.37 Å². The second-order valence-electron chi connectivity index (χ2n) is 8.16. The van der Waals surface area contributed by atoms with E-state index in [-0.39, 0.29) is 19.6 Å². The van der Waals surface area contributed by atoms with Gasteiger partial charge in [-0.25, -0.2) is 4.79 Å². The molecular formula is C15H26O10S2. The van der Waals surface area contributed by atoms with Crippen LogP contribution in [0.1, 0.15) is 34.1 Å². The number of hydrogen-bond donors (Lipinski definition) is 1. The molecule has 0 aromatic heterocycles. The number of carbonyl (C=O) groups excluding carboxylic acids is 1. The van der Waals surface area contributed by atoms with Crippen molar-refractivity contribution in [3.05, 3.63) is 0 Å². The molecule has 2 aliphatic rings. The maximum absolute atomic E-state index is 12.1. The molecule has 0 saturated carbocycles. The molecule has 0 bridgehead atoms. The van der Waals surface area contributed by atoms with Crippen LogP contribution in [-0.2, 0) is 42.9 Å². The van der Waals surface area contributed by atoms with Crippen LogP contribution in [-0.4, -0.2) is 71.1 Å². The van der Waals surface area contributed by atoms with Gasteiger partial charge in [0.15, 0.2) is 12.4 Å². The molecule has 1 N–H and O–H groups in total. The molecule has 2 fully saturated rings. The van der Waals surface area contributed by atoms with E-state index in [1.807, 2.05) is 0 Å². The minimum absolute atomic E-state index is 0.0375. The molecule has 0 radical (unpaired) electrons. The Morgan fingerprint density at radius 3 is 2.00 bits per heavy atom. The van der Waals surface area contributed by atoms with E-state index < -0.39 is 67.0 Å². The summed E-state index contributed by atoms with van der Waals surface area (Å²) < 4.78 is 68.1. The van der Waals surface area contributed by atoms with E-state index in [0.29, 0.717) is 0 Å². The zero-order chi connectivity index (χ0) is 20.7. The van der Waals surface area contributed by atoms with Crippen LogP contribution in [0.3, 0.4) is 0 Å². The van der Waals surface area contributed by atoms with Crippen molar-refractivity contribution < 1.29 is 44.6 Å². The summed E-state index contributed by atoms with van der Waals surface area (Å²) in [5, 5.41) is 9.70. The molecule has 0 amide bonds. The van der Waals surface area contributed by atoms with Crippen LogP contribution in [0, 0.1) is 10.8 Å². The molecule has 27 heavy (non-hydrogen) atoms. The third-order valence-corrected chi connectivity index (χ3v) is 7.01. The zero-order valence-corrected chi connectivity index (χ0v) is 17.3. The fourth-order valence-corrected chi connectivity index (χ4v) is 5.42. The van der Waals surface area contributed by atoms with Crippen LogP contribution in [0.25, 0.3) is 0 Å². The van der Waals surface area contributed by atoms with Gasteiger partial charge < -0.3 is 14.6 Å². The van der Waals surface area contributed by atoms with Crippen molar-refractivity contribution in [2.45, 2.75) is 52.6 Å². The lowest BCUT2D eigenvalue weighted by Gasteiger charge is -2.25. The fraction of sp³-hybridized carbons (Fsp3) is 0.933. The molecule has 2 heterocycles. The first-order valence-electron chi connectivity index (χ1n) is 8.43. The van der Waals surface area contributed by atoms with Gasteiger partial charge in [-0.1, -0.05) is 27.7 Å². The Balaban J connectivity index is 1.90. The van der Waals surface area contributed by atoms with Crippen molar-refractivity contribution in [3.63, 3.8) is 0 Å².